The molecule has 8 bridgehead atoms. The molecular formula is C49H60FeN4O6. The number of aromatic nitrogens is 4. The first-order valence-electron chi connectivity index (χ1n) is 21.0. The number of hydrogen-bond acceptors (Lipinski definition) is 6. The van der Waals surface area contributed by atoms with Crippen LogP contribution in [0.1, 0.15) is 162 Å². The van der Waals surface area contributed by atoms with Gasteiger partial charge in [0.1, 0.15) is 6.29 Å². The van der Waals surface area contributed by atoms with Crippen molar-refractivity contribution in [3.63, 3.8) is 0 Å². The number of nitrogens with zero attached hydrogens (tertiary/aromatic N) is 4. The summed E-state index contributed by atoms with van der Waals surface area (Å²) in [5.74, 6) is -0.718. The number of carbonyl (C=O) groups is 3. The van der Waals surface area contributed by atoms with Crippen LogP contribution in [0, 0.1) is 18.8 Å². The first-order valence-corrected chi connectivity index (χ1v) is 21.0. The van der Waals surface area contributed by atoms with E-state index in [0.717, 1.165) is 53.5 Å². The van der Waals surface area contributed by atoms with E-state index in [4.69, 9.17) is 19.9 Å². The molecule has 2 unspecified atom stereocenters. The van der Waals surface area contributed by atoms with Gasteiger partial charge in [-0.25, -0.2) is 9.97 Å². The van der Waals surface area contributed by atoms with Gasteiger partial charge in [-0.2, -0.15) is 0 Å². The Balaban J connectivity index is 0.00000794. The molecule has 0 saturated carbocycles. The van der Waals surface area contributed by atoms with Crippen molar-refractivity contribution in [2.24, 2.45) is 11.8 Å². The molecule has 2 aliphatic heterocycles. The first kappa shape index (κ1) is 47.8. The molecule has 10 nitrogen and oxygen atoms in total. The summed E-state index contributed by atoms with van der Waals surface area (Å²) in [6.07, 6.45) is 12.2. The minimum atomic E-state index is -1.02. The van der Waals surface area contributed by atoms with Crippen molar-refractivity contribution < 1.29 is 46.8 Å². The third kappa shape index (κ3) is 11.7. The van der Waals surface area contributed by atoms with Crippen LogP contribution in [0.15, 0.2) is 42.5 Å². The number of aryl methyl sites for hydroxylation is 2. The summed E-state index contributed by atoms with van der Waals surface area (Å²) in [5.41, 5.74) is 11.0. The number of hydrogen-bond donors (Lipinski definition) is 3. The maximum Gasteiger partial charge on any atom is 2.00 e. The third-order valence-electron chi connectivity index (χ3n) is 11.9. The minimum Gasteiger partial charge on any atom is -0.657 e. The Morgan fingerprint density at radius 2 is 1.27 bits per heavy atom. The molecule has 0 spiro atoms. The summed E-state index contributed by atoms with van der Waals surface area (Å²) >= 11 is 0. The Labute approximate surface area is 364 Å². The van der Waals surface area contributed by atoms with Gasteiger partial charge in [0.15, 0.2) is 0 Å². The average Bonchev–Trinajstić information content (AvgIpc) is 3.85. The van der Waals surface area contributed by atoms with E-state index in [1.54, 1.807) is 18.2 Å². The molecule has 0 aromatic carbocycles. The van der Waals surface area contributed by atoms with Gasteiger partial charge in [0.2, 0.25) is 0 Å². The molecule has 0 amide bonds. The van der Waals surface area contributed by atoms with E-state index in [-0.39, 0.29) is 48.3 Å². The molecule has 3 N–H and O–H groups in total. The topological polar surface area (TPSA) is 166 Å². The van der Waals surface area contributed by atoms with Crippen LogP contribution in [-0.4, -0.2) is 49.6 Å². The molecule has 2 aliphatic rings. The van der Waals surface area contributed by atoms with Crippen LogP contribution < -0.4 is 9.97 Å². The fourth-order valence-electron chi connectivity index (χ4n) is 8.31. The molecule has 3 aromatic heterocycles. The SMILES string of the molecule is C=Cc1c(C)c2cc3nc(cc4[n-]c(cc5nc(cc1[n-]2)C(C)=C5CCC(=O)O)c(CCC(=O)O)c4C=O)C(C)=C3[C@@H](O)CCCC(C)CCCC(C)CCC=C(C)C.[Fe+2]. The smallest absolute Gasteiger partial charge is 0.657 e. The summed E-state index contributed by atoms with van der Waals surface area (Å²) < 4.78 is 0. The van der Waals surface area contributed by atoms with E-state index >= 15 is 0 Å². The second-order valence-electron chi connectivity index (χ2n) is 16.7. The van der Waals surface area contributed by atoms with E-state index in [0.29, 0.717) is 80.5 Å². The molecule has 0 radical (unpaired) electrons. The average molecular weight is 857 g/mol. The summed E-state index contributed by atoms with van der Waals surface area (Å²) in [6, 6.07) is 7.19. The van der Waals surface area contributed by atoms with Gasteiger partial charge in [0.05, 0.1) is 28.9 Å². The maximum atomic E-state index is 12.8. The fraction of sp³-hybridized carbons (Fsp3) is 0.449. The molecule has 0 fully saturated rings. The van der Waals surface area contributed by atoms with Crippen molar-refractivity contribution in [2.75, 3.05) is 0 Å². The van der Waals surface area contributed by atoms with Crippen molar-refractivity contribution in [1.82, 2.24) is 19.9 Å². The van der Waals surface area contributed by atoms with Gasteiger partial charge in [-0.3, -0.25) is 14.4 Å². The van der Waals surface area contributed by atoms with Gasteiger partial charge in [0.25, 0.3) is 0 Å². The van der Waals surface area contributed by atoms with Crippen molar-refractivity contribution in [1.29, 1.82) is 0 Å². The van der Waals surface area contributed by atoms with Gasteiger partial charge in [-0.05, 0) is 101 Å². The second kappa shape index (κ2) is 21.6. The zero-order valence-corrected chi connectivity index (χ0v) is 37.3. The summed E-state index contributed by atoms with van der Waals surface area (Å²) in [7, 11) is 0. The molecule has 3 aromatic rings. The van der Waals surface area contributed by atoms with Crippen LogP contribution in [0.5, 0.6) is 0 Å². The largest absolute Gasteiger partial charge is 2.00 e. The molecule has 5 heterocycles. The zero-order chi connectivity index (χ0) is 43.0. The number of rotatable bonds is 20. The van der Waals surface area contributed by atoms with Crippen LogP contribution >= 0.6 is 0 Å². The van der Waals surface area contributed by atoms with Gasteiger partial charge in [-0.1, -0.05) is 106 Å². The standard InChI is InChI=1S/C49H62N4O6.Fe/c1-9-34-31(6)39-25-45-49(46(55)18-12-17-30(5)16-11-15-29(4)14-10-13-28(2)3)33(8)40(52-45)24-44-37(27-54)36(20-22-48(58)59)43(53-44)26-42-35(19-21-47(56)57)32(7)38(51-42)23-41(34)50-39;/h9,13,23-27,29-30,46,55H,1,10-12,14-22H2,2-8H3,(H4,50,51,52,53,54,56,57,58,59);/q;+2/p-2/t29?,30?,46-;/m0./s1. The number of aliphatic hydroxyl groups excluding tert-OH is 1. The Morgan fingerprint density at radius 3 is 1.88 bits per heavy atom. The summed E-state index contributed by atoms with van der Waals surface area (Å²) in [6.45, 7) is 18.8. The molecule has 320 valence electrons. The molecule has 60 heavy (non-hydrogen) atoms. The number of carboxylic acids is 2. The Bertz CT molecular complexity index is 2360. The second-order valence-corrected chi connectivity index (χ2v) is 16.7. The van der Waals surface area contributed by atoms with Crippen LogP contribution in [0.4, 0.5) is 0 Å². The Hall–Kier alpha value is -4.83. The molecule has 11 heteroatoms. The van der Waals surface area contributed by atoms with E-state index in [9.17, 15) is 29.7 Å². The van der Waals surface area contributed by atoms with Crippen molar-refractivity contribution in [3.8, 4) is 0 Å². The molecule has 0 aliphatic carbocycles. The predicted molar refractivity (Wildman–Crippen MR) is 238 cm³/mol. The summed E-state index contributed by atoms with van der Waals surface area (Å²) in [5, 5.41) is 31.1. The van der Waals surface area contributed by atoms with Gasteiger partial charge < -0.3 is 25.3 Å². The first-order chi connectivity index (χ1) is 28.1. The predicted octanol–water partition coefficient (Wildman–Crippen LogP) is 10.8. The number of allylic oxidation sites excluding steroid dienone is 5. The number of carboxylic acid groups (broad SMARTS) is 2. The van der Waals surface area contributed by atoms with Gasteiger partial charge in [0, 0.05) is 24.0 Å². The van der Waals surface area contributed by atoms with E-state index in [1.807, 2.05) is 32.9 Å². The number of aliphatic hydroxyl groups is 1. The zero-order valence-electron chi connectivity index (χ0n) is 36.2. The Morgan fingerprint density at radius 1 is 0.733 bits per heavy atom. The van der Waals surface area contributed by atoms with Crippen LogP contribution in [0.2, 0.25) is 0 Å². The summed E-state index contributed by atoms with van der Waals surface area (Å²) in [4.78, 5) is 56.1. The van der Waals surface area contributed by atoms with Crippen molar-refractivity contribution in [3.05, 3.63) is 87.5 Å². The van der Waals surface area contributed by atoms with Crippen molar-refractivity contribution in [2.45, 2.75) is 132 Å². The number of aldehydes is 1. The molecule has 3 atom stereocenters. The van der Waals surface area contributed by atoms with Crippen LogP contribution in [0.3, 0.4) is 0 Å². The quantitative estimate of drug-likeness (QED) is 0.0565. The van der Waals surface area contributed by atoms with Crippen molar-refractivity contribution >= 4 is 68.7 Å². The fourth-order valence-corrected chi connectivity index (χ4v) is 8.31. The number of aliphatic carboxylic acids is 2. The third-order valence-corrected chi connectivity index (χ3v) is 11.9. The van der Waals surface area contributed by atoms with Gasteiger partial charge >= 0.3 is 29.0 Å². The minimum absolute atomic E-state index is 0. The van der Waals surface area contributed by atoms with Crippen LogP contribution in [0.25, 0.3) is 50.4 Å². The van der Waals surface area contributed by atoms with E-state index in [1.165, 1.54) is 24.8 Å². The maximum absolute atomic E-state index is 12.8. The van der Waals surface area contributed by atoms with Gasteiger partial charge in [-0.15, -0.1) is 22.1 Å². The molecule has 5 rings (SSSR count). The Kier molecular flexibility index (Phi) is 17.2. The number of fused-ring (bicyclic) bond motifs is 8. The molecular weight excluding hydrogens is 796 g/mol. The van der Waals surface area contributed by atoms with E-state index < -0.39 is 18.0 Å². The van der Waals surface area contributed by atoms with Crippen LogP contribution in [-0.2, 0) is 33.1 Å². The number of carbonyl (C=O) groups excluding carboxylic acids is 1. The normalized spacial score (nSPS) is 14.1. The van der Waals surface area contributed by atoms with E-state index in [2.05, 4.69) is 40.3 Å². The molecule has 0 saturated heterocycles. The monoisotopic (exact) mass is 856 g/mol.